The van der Waals surface area contributed by atoms with Crippen LogP contribution in [0.25, 0.3) is 0 Å². The Balaban J connectivity index is 1.83. The first-order chi connectivity index (χ1) is 12.3. The van der Waals surface area contributed by atoms with Crippen molar-refractivity contribution in [3.8, 4) is 0 Å². The Kier molecular flexibility index (Phi) is 5.37. The van der Waals surface area contributed by atoms with E-state index in [-0.39, 0.29) is 35.7 Å². The molecule has 0 aromatic carbocycles. The largest absolute Gasteiger partial charge is 0.458 e. The standard InChI is InChI=1S/C21H28O5/c1-13(2)16-12-15-14(3)20(23)25-18(15)19-21(4,26-19)11-9-7-5-6-8-10-17(22)24-16/h5,7,15-16,18-19H,1,3,6,8-12H2,2,4H3/b7-5-/t15-,16-,18-,19+,21+/m0/s1. The van der Waals surface area contributed by atoms with Gasteiger partial charge in [-0.2, -0.15) is 0 Å². The molecule has 2 saturated heterocycles. The first-order valence-corrected chi connectivity index (χ1v) is 9.39. The highest BCUT2D eigenvalue weighted by molar-refractivity contribution is 5.91. The lowest BCUT2D eigenvalue weighted by Gasteiger charge is -2.24. The Labute approximate surface area is 155 Å². The summed E-state index contributed by atoms with van der Waals surface area (Å²) in [6.07, 6.45) is 7.47. The second-order valence-corrected chi connectivity index (χ2v) is 7.82. The average Bonchev–Trinajstić information content (AvgIpc) is 3.17. The molecule has 2 fully saturated rings. The monoisotopic (exact) mass is 360 g/mol. The van der Waals surface area contributed by atoms with Crippen molar-refractivity contribution in [3.63, 3.8) is 0 Å². The number of rotatable bonds is 1. The van der Waals surface area contributed by atoms with Gasteiger partial charge in [-0.3, -0.25) is 4.79 Å². The third-order valence-electron chi connectivity index (χ3n) is 5.61. The van der Waals surface area contributed by atoms with Gasteiger partial charge in [0.25, 0.3) is 0 Å². The van der Waals surface area contributed by atoms with Crippen LogP contribution in [0.1, 0.15) is 52.4 Å². The molecule has 5 nitrogen and oxygen atoms in total. The van der Waals surface area contributed by atoms with E-state index in [9.17, 15) is 9.59 Å². The molecule has 3 aliphatic heterocycles. The van der Waals surface area contributed by atoms with Crippen molar-refractivity contribution in [2.24, 2.45) is 5.92 Å². The zero-order chi connectivity index (χ0) is 18.9. The van der Waals surface area contributed by atoms with Crippen LogP contribution in [0.2, 0.25) is 0 Å². The van der Waals surface area contributed by atoms with Gasteiger partial charge in [-0.1, -0.05) is 25.3 Å². The molecule has 0 saturated carbocycles. The van der Waals surface area contributed by atoms with Crippen molar-refractivity contribution in [1.29, 1.82) is 0 Å². The first-order valence-electron chi connectivity index (χ1n) is 9.39. The van der Waals surface area contributed by atoms with E-state index in [2.05, 4.69) is 32.2 Å². The number of ether oxygens (including phenoxy) is 3. The van der Waals surface area contributed by atoms with E-state index in [1.54, 1.807) is 0 Å². The van der Waals surface area contributed by atoms with E-state index >= 15 is 0 Å². The summed E-state index contributed by atoms with van der Waals surface area (Å²) < 4.78 is 17.2. The van der Waals surface area contributed by atoms with Gasteiger partial charge in [0, 0.05) is 17.9 Å². The van der Waals surface area contributed by atoms with Crippen LogP contribution in [-0.4, -0.2) is 35.9 Å². The zero-order valence-corrected chi connectivity index (χ0v) is 15.7. The van der Waals surface area contributed by atoms with Crippen molar-refractivity contribution >= 4 is 11.9 Å². The maximum Gasteiger partial charge on any atom is 0.334 e. The summed E-state index contributed by atoms with van der Waals surface area (Å²) in [6.45, 7) is 11.8. The highest BCUT2D eigenvalue weighted by atomic mass is 16.6. The van der Waals surface area contributed by atoms with Crippen LogP contribution in [0.4, 0.5) is 0 Å². The first kappa shape index (κ1) is 18.9. The molecule has 26 heavy (non-hydrogen) atoms. The third-order valence-corrected chi connectivity index (χ3v) is 5.61. The molecule has 5 heteroatoms. The molecule has 0 unspecified atom stereocenters. The highest BCUT2D eigenvalue weighted by Gasteiger charge is 2.61. The van der Waals surface area contributed by atoms with Crippen LogP contribution in [0.3, 0.4) is 0 Å². The number of hydrogen-bond donors (Lipinski definition) is 0. The zero-order valence-electron chi connectivity index (χ0n) is 15.7. The molecule has 0 N–H and O–H groups in total. The fourth-order valence-electron chi connectivity index (χ4n) is 3.82. The lowest BCUT2D eigenvalue weighted by molar-refractivity contribution is -0.148. The van der Waals surface area contributed by atoms with Gasteiger partial charge < -0.3 is 14.2 Å². The molecule has 0 aliphatic carbocycles. The Bertz CT molecular complexity index is 649. The second-order valence-electron chi connectivity index (χ2n) is 7.82. The van der Waals surface area contributed by atoms with E-state index in [1.807, 2.05) is 6.92 Å². The fraction of sp³-hybridized carbons (Fsp3) is 0.619. The Morgan fingerprint density at radius 2 is 1.96 bits per heavy atom. The van der Waals surface area contributed by atoms with Crippen molar-refractivity contribution < 1.29 is 23.8 Å². The second kappa shape index (κ2) is 7.39. The van der Waals surface area contributed by atoms with E-state index in [0.29, 0.717) is 18.4 Å². The normalized spacial score (nSPS) is 39.5. The van der Waals surface area contributed by atoms with Crippen LogP contribution < -0.4 is 0 Å². The highest BCUT2D eigenvalue weighted by Crippen LogP contribution is 2.49. The summed E-state index contributed by atoms with van der Waals surface area (Å²) in [5, 5.41) is 0. The molecule has 0 aromatic rings. The van der Waals surface area contributed by atoms with E-state index in [1.165, 1.54) is 0 Å². The predicted molar refractivity (Wildman–Crippen MR) is 97.3 cm³/mol. The van der Waals surface area contributed by atoms with Gasteiger partial charge >= 0.3 is 11.9 Å². The molecular formula is C21H28O5. The van der Waals surface area contributed by atoms with Gasteiger partial charge in [0.05, 0.1) is 5.60 Å². The minimum absolute atomic E-state index is 0.143. The van der Waals surface area contributed by atoms with Crippen molar-refractivity contribution in [2.45, 2.75) is 76.3 Å². The van der Waals surface area contributed by atoms with Crippen LogP contribution >= 0.6 is 0 Å². The SMILES string of the molecule is C=C(C)[C@@H]1C[C@H]2C(=C)C(=O)O[C@@H]2[C@H]2O[C@]2(C)CC/C=C\CCCC(=O)O1. The van der Waals surface area contributed by atoms with Gasteiger partial charge in [-0.05, 0) is 51.5 Å². The van der Waals surface area contributed by atoms with Crippen LogP contribution in [-0.2, 0) is 23.8 Å². The molecule has 0 aromatic heterocycles. The smallest absolute Gasteiger partial charge is 0.334 e. The molecule has 3 aliphatic rings. The van der Waals surface area contributed by atoms with Gasteiger partial charge in [0.2, 0.25) is 0 Å². The van der Waals surface area contributed by atoms with Crippen LogP contribution in [0.5, 0.6) is 0 Å². The maximum absolute atomic E-state index is 12.2. The van der Waals surface area contributed by atoms with Crippen LogP contribution in [0.15, 0.2) is 36.5 Å². The summed E-state index contributed by atoms with van der Waals surface area (Å²) in [6, 6.07) is 0. The number of carbonyl (C=O) groups excluding carboxylic acids is 2. The molecule has 0 amide bonds. The molecule has 0 spiro atoms. The molecular weight excluding hydrogens is 332 g/mol. The Morgan fingerprint density at radius 1 is 1.23 bits per heavy atom. The van der Waals surface area contributed by atoms with Gasteiger partial charge in [-0.25, -0.2) is 4.79 Å². The molecule has 3 rings (SSSR count). The maximum atomic E-state index is 12.2. The number of epoxide rings is 1. The van der Waals surface area contributed by atoms with E-state index < -0.39 is 6.10 Å². The number of esters is 2. The predicted octanol–water partition coefficient (Wildman–Crippen LogP) is 3.64. The lowest BCUT2D eigenvalue weighted by Crippen LogP contribution is -2.32. The van der Waals surface area contributed by atoms with Crippen LogP contribution in [0, 0.1) is 5.92 Å². The minimum Gasteiger partial charge on any atom is -0.458 e. The number of fused-ring (bicyclic) bond motifs is 3. The Morgan fingerprint density at radius 3 is 2.69 bits per heavy atom. The fourth-order valence-corrected chi connectivity index (χ4v) is 3.82. The minimum atomic E-state index is -0.452. The van der Waals surface area contributed by atoms with E-state index in [4.69, 9.17) is 14.2 Å². The summed E-state index contributed by atoms with van der Waals surface area (Å²) >= 11 is 0. The van der Waals surface area contributed by atoms with E-state index in [0.717, 1.165) is 31.3 Å². The number of hydrogen-bond acceptors (Lipinski definition) is 5. The summed E-state index contributed by atoms with van der Waals surface area (Å²) in [7, 11) is 0. The summed E-state index contributed by atoms with van der Waals surface area (Å²) in [5.74, 6) is -0.851. The summed E-state index contributed by atoms with van der Waals surface area (Å²) in [4.78, 5) is 24.3. The van der Waals surface area contributed by atoms with Gasteiger partial charge in [0.1, 0.15) is 18.3 Å². The van der Waals surface area contributed by atoms with Crippen molar-refractivity contribution in [3.05, 3.63) is 36.5 Å². The van der Waals surface area contributed by atoms with Gasteiger partial charge in [0.15, 0.2) is 0 Å². The topological polar surface area (TPSA) is 65.1 Å². The molecule has 0 radical (unpaired) electrons. The molecule has 0 bridgehead atoms. The number of carbonyl (C=O) groups is 2. The van der Waals surface area contributed by atoms with Crippen molar-refractivity contribution in [2.75, 3.05) is 0 Å². The summed E-state index contributed by atoms with van der Waals surface area (Å²) in [5.41, 5.74) is 0.903. The van der Waals surface area contributed by atoms with Crippen molar-refractivity contribution in [1.82, 2.24) is 0 Å². The van der Waals surface area contributed by atoms with Gasteiger partial charge in [-0.15, -0.1) is 0 Å². The number of allylic oxidation sites excluding steroid dienone is 2. The lowest BCUT2D eigenvalue weighted by atomic mass is 9.84. The Hall–Kier alpha value is -1.88. The molecule has 5 atom stereocenters. The molecule has 3 heterocycles. The quantitative estimate of drug-likeness (QED) is 0.309. The molecule has 142 valence electrons. The average molecular weight is 360 g/mol. The number of cyclic esters (lactones) is 1. The third kappa shape index (κ3) is 3.93.